The zero-order valence-corrected chi connectivity index (χ0v) is 21.7. The number of hydrogen-bond acceptors (Lipinski definition) is 7. The summed E-state index contributed by atoms with van der Waals surface area (Å²) in [5.41, 5.74) is 2.59. The highest BCUT2D eigenvalue weighted by molar-refractivity contribution is 6.03. The molecule has 0 aromatic heterocycles. The van der Waals surface area contributed by atoms with Crippen molar-refractivity contribution in [3.63, 3.8) is 0 Å². The maximum absolute atomic E-state index is 14.5. The van der Waals surface area contributed by atoms with Crippen LogP contribution >= 0.6 is 0 Å². The Morgan fingerprint density at radius 3 is 2.13 bits per heavy atom. The van der Waals surface area contributed by atoms with Gasteiger partial charge in [0.25, 0.3) is 0 Å². The molecule has 0 unspecified atom stereocenters. The molecule has 0 aliphatic rings. The lowest BCUT2D eigenvalue weighted by Crippen LogP contribution is -2.22. The van der Waals surface area contributed by atoms with Gasteiger partial charge in [-0.15, -0.1) is 0 Å². The standard InChI is InChI=1S/C30H30FNO6/c1-4-38-29(35)22-12-10-20(11-13-22)14-24(33)17-25(34)18-26-27(30(36)37-3)15-23(31)16-28(26)32(2)19-21-8-6-5-7-9-21/h5-13,15-16H,4,14,17-19H2,1-3H3. The minimum absolute atomic E-state index is 0.00287. The van der Waals surface area contributed by atoms with E-state index in [1.807, 2.05) is 30.3 Å². The molecule has 0 spiro atoms. The number of ether oxygens (including phenoxy) is 2. The summed E-state index contributed by atoms with van der Waals surface area (Å²) in [5, 5.41) is 0. The molecule has 198 valence electrons. The second-order valence-electron chi connectivity index (χ2n) is 8.81. The van der Waals surface area contributed by atoms with E-state index in [0.717, 1.165) is 11.6 Å². The molecule has 7 nitrogen and oxygen atoms in total. The van der Waals surface area contributed by atoms with Gasteiger partial charge in [0, 0.05) is 32.1 Å². The number of nitrogens with zero attached hydrogens (tertiary/aromatic N) is 1. The second-order valence-corrected chi connectivity index (χ2v) is 8.81. The first-order chi connectivity index (χ1) is 18.2. The Labute approximate surface area is 221 Å². The summed E-state index contributed by atoms with van der Waals surface area (Å²) >= 11 is 0. The summed E-state index contributed by atoms with van der Waals surface area (Å²) in [4.78, 5) is 51.6. The molecule has 0 heterocycles. The maximum Gasteiger partial charge on any atom is 0.338 e. The van der Waals surface area contributed by atoms with Crippen LogP contribution in [0.1, 0.15) is 50.8 Å². The number of carbonyl (C=O) groups excluding carboxylic acids is 4. The fourth-order valence-corrected chi connectivity index (χ4v) is 4.13. The summed E-state index contributed by atoms with van der Waals surface area (Å²) in [6.07, 6.45) is -0.602. The molecule has 3 aromatic rings. The monoisotopic (exact) mass is 519 g/mol. The van der Waals surface area contributed by atoms with Crippen molar-refractivity contribution < 1.29 is 33.0 Å². The molecule has 0 saturated carbocycles. The molecule has 38 heavy (non-hydrogen) atoms. The van der Waals surface area contributed by atoms with E-state index in [0.29, 0.717) is 28.9 Å². The van der Waals surface area contributed by atoms with Crippen LogP contribution in [-0.2, 0) is 38.4 Å². The molecular weight excluding hydrogens is 489 g/mol. The third kappa shape index (κ3) is 7.59. The molecule has 0 aliphatic heterocycles. The molecule has 0 aliphatic carbocycles. The van der Waals surface area contributed by atoms with Gasteiger partial charge < -0.3 is 14.4 Å². The smallest absolute Gasteiger partial charge is 0.338 e. The van der Waals surface area contributed by atoms with Crippen molar-refractivity contribution in [2.45, 2.75) is 32.7 Å². The van der Waals surface area contributed by atoms with Crippen LogP contribution in [0.4, 0.5) is 10.1 Å². The SMILES string of the molecule is CCOC(=O)c1ccc(CC(=O)CC(=O)Cc2c(C(=O)OC)cc(F)cc2N(C)Cc2ccccc2)cc1. The van der Waals surface area contributed by atoms with Crippen molar-refractivity contribution in [3.8, 4) is 0 Å². The Morgan fingerprint density at radius 2 is 1.50 bits per heavy atom. The van der Waals surface area contributed by atoms with Crippen LogP contribution in [0.3, 0.4) is 0 Å². The van der Waals surface area contributed by atoms with Crippen LogP contribution in [0.15, 0.2) is 66.7 Å². The van der Waals surface area contributed by atoms with E-state index in [9.17, 15) is 23.6 Å². The highest BCUT2D eigenvalue weighted by Crippen LogP contribution is 2.28. The lowest BCUT2D eigenvalue weighted by Gasteiger charge is -2.24. The molecule has 3 aromatic carbocycles. The zero-order chi connectivity index (χ0) is 27.7. The zero-order valence-electron chi connectivity index (χ0n) is 21.7. The molecule has 8 heteroatoms. The number of Topliss-reactive ketones (excluding diaryl/α,β-unsaturated/α-hetero) is 2. The summed E-state index contributed by atoms with van der Waals surface area (Å²) in [6.45, 7) is 2.38. The third-order valence-electron chi connectivity index (χ3n) is 5.90. The number of benzene rings is 3. The van der Waals surface area contributed by atoms with Gasteiger partial charge in [-0.3, -0.25) is 9.59 Å². The fourth-order valence-electron chi connectivity index (χ4n) is 4.13. The van der Waals surface area contributed by atoms with Gasteiger partial charge in [0.1, 0.15) is 17.4 Å². The number of halogens is 1. The Kier molecular flexibility index (Phi) is 9.87. The molecule has 0 saturated heterocycles. The van der Waals surface area contributed by atoms with E-state index < -0.39 is 23.5 Å². The van der Waals surface area contributed by atoms with E-state index in [1.54, 1.807) is 43.1 Å². The first-order valence-corrected chi connectivity index (χ1v) is 12.2. The third-order valence-corrected chi connectivity index (χ3v) is 5.90. The molecule has 3 rings (SSSR count). The maximum atomic E-state index is 14.5. The molecule has 0 radical (unpaired) electrons. The molecular formula is C30H30FNO6. The van der Waals surface area contributed by atoms with Crippen molar-refractivity contribution in [1.29, 1.82) is 0 Å². The Morgan fingerprint density at radius 1 is 0.842 bits per heavy atom. The number of methoxy groups -OCH3 is 1. The van der Waals surface area contributed by atoms with E-state index in [2.05, 4.69) is 0 Å². The average molecular weight is 520 g/mol. The summed E-state index contributed by atoms with van der Waals surface area (Å²) in [7, 11) is 2.92. The van der Waals surface area contributed by atoms with Gasteiger partial charge in [0.2, 0.25) is 0 Å². The lowest BCUT2D eigenvalue weighted by molar-refractivity contribution is -0.126. The van der Waals surface area contributed by atoms with Gasteiger partial charge in [0.15, 0.2) is 0 Å². The van der Waals surface area contributed by atoms with Crippen molar-refractivity contribution in [3.05, 3.63) is 100 Å². The van der Waals surface area contributed by atoms with Gasteiger partial charge in [-0.05, 0) is 47.9 Å². The van der Waals surface area contributed by atoms with Gasteiger partial charge in [-0.2, -0.15) is 0 Å². The van der Waals surface area contributed by atoms with Crippen molar-refractivity contribution >= 4 is 29.2 Å². The Bertz CT molecular complexity index is 1300. The van der Waals surface area contributed by atoms with Crippen molar-refractivity contribution in [2.24, 2.45) is 0 Å². The van der Waals surface area contributed by atoms with Gasteiger partial charge in [-0.25, -0.2) is 14.0 Å². The second kappa shape index (κ2) is 13.3. The van der Waals surface area contributed by atoms with Crippen LogP contribution < -0.4 is 4.90 Å². The number of esters is 2. The van der Waals surface area contributed by atoms with Crippen LogP contribution in [0.2, 0.25) is 0 Å². The van der Waals surface area contributed by atoms with Crippen LogP contribution in [0.5, 0.6) is 0 Å². The number of ketones is 2. The van der Waals surface area contributed by atoms with Crippen LogP contribution in [0, 0.1) is 5.82 Å². The molecule has 0 bridgehead atoms. The molecule has 0 amide bonds. The Balaban J connectivity index is 1.77. The largest absolute Gasteiger partial charge is 0.465 e. The molecule has 0 atom stereocenters. The normalized spacial score (nSPS) is 10.5. The lowest BCUT2D eigenvalue weighted by atomic mass is 9.95. The summed E-state index contributed by atoms with van der Waals surface area (Å²) < 4.78 is 24.3. The van der Waals surface area contributed by atoms with Crippen molar-refractivity contribution in [1.82, 2.24) is 0 Å². The van der Waals surface area contributed by atoms with E-state index >= 15 is 0 Å². The van der Waals surface area contributed by atoms with Gasteiger partial charge in [-0.1, -0.05) is 42.5 Å². The summed E-state index contributed by atoms with van der Waals surface area (Å²) in [5.74, 6) is -2.59. The Hall–Kier alpha value is -4.33. The average Bonchev–Trinajstić information content (AvgIpc) is 2.89. The minimum Gasteiger partial charge on any atom is -0.465 e. The predicted octanol–water partition coefficient (Wildman–Crippen LogP) is 4.74. The number of hydrogen-bond donors (Lipinski definition) is 0. The minimum atomic E-state index is -0.769. The van der Waals surface area contributed by atoms with E-state index in [-0.39, 0.29) is 37.2 Å². The topological polar surface area (TPSA) is 90.0 Å². The predicted molar refractivity (Wildman–Crippen MR) is 141 cm³/mol. The summed E-state index contributed by atoms with van der Waals surface area (Å²) in [6, 6.07) is 18.2. The van der Waals surface area contributed by atoms with E-state index in [4.69, 9.17) is 9.47 Å². The quantitative estimate of drug-likeness (QED) is 0.252. The van der Waals surface area contributed by atoms with Crippen molar-refractivity contribution in [2.75, 3.05) is 25.7 Å². The van der Waals surface area contributed by atoms with Gasteiger partial charge in [0.05, 0.1) is 31.3 Å². The molecule has 0 N–H and O–H groups in total. The van der Waals surface area contributed by atoms with E-state index in [1.165, 1.54) is 13.2 Å². The highest BCUT2D eigenvalue weighted by Gasteiger charge is 2.23. The fraction of sp³-hybridized carbons (Fsp3) is 0.267. The number of rotatable bonds is 12. The first-order valence-electron chi connectivity index (χ1n) is 12.2. The first kappa shape index (κ1) is 28.2. The van der Waals surface area contributed by atoms with Gasteiger partial charge >= 0.3 is 11.9 Å². The molecule has 0 fully saturated rings. The highest BCUT2D eigenvalue weighted by atomic mass is 19.1. The van der Waals surface area contributed by atoms with Crippen LogP contribution in [0.25, 0.3) is 0 Å². The number of anilines is 1. The van der Waals surface area contributed by atoms with Crippen LogP contribution in [-0.4, -0.2) is 44.3 Å². The number of carbonyl (C=O) groups is 4.